The molecule has 0 radical (unpaired) electrons. The predicted octanol–water partition coefficient (Wildman–Crippen LogP) is 4.56. The molecular formula is C17H20BrN3. The number of benzene rings is 1. The van der Waals surface area contributed by atoms with Crippen LogP contribution in [0.2, 0.25) is 0 Å². The van der Waals surface area contributed by atoms with E-state index in [1.165, 1.54) is 18.4 Å². The van der Waals surface area contributed by atoms with Gasteiger partial charge in [-0.15, -0.1) is 0 Å². The van der Waals surface area contributed by atoms with Gasteiger partial charge in [-0.1, -0.05) is 38.1 Å². The smallest absolute Gasteiger partial charge is 0.161 e. The van der Waals surface area contributed by atoms with Crippen LogP contribution in [0, 0.1) is 5.92 Å². The zero-order chi connectivity index (χ0) is 15.0. The van der Waals surface area contributed by atoms with Gasteiger partial charge in [0.05, 0.1) is 10.2 Å². The Balaban J connectivity index is 1.93. The van der Waals surface area contributed by atoms with Gasteiger partial charge >= 0.3 is 0 Å². The Morgan fingerprint density at radius 1 is 1.19 bits per heavy atom. The molecule has 110 valence electrons. The van der Waals surface area contributed by atoms with Gasteiger partial charge in [-0.3, -0.25) is 0 Å². The third kappa shape index (κ3) is 3.26. The lowest BCUT2D eigenvalue weighted by Crippen LogP contribution is -2.02. The lowest BCUT2D eigenvalue weighted by molar-refractivity contribution is 0.647. The molecule has 0 atom stereocenters. The molecule has 3 nitrogen and oxygen atoms in total. The molecule has 2 aromatic rings. The van der Waals surface area contributed by atoms with Crippen LogP contribution in [0.1, 0.15) is 43.9 Å². The quantitative estimate of drug-likeness (QED) is 0.883. The lowest BCUT2D eigenvalue weighted by Gasteiger charge is -2.09. The van der Waals surface area contributed by atoms with Gasteiger partial charge in [0.1, 0.15) is 5.82 Å². The number of halogens is 1. The van der Waals surface area contributed by atoms with Crippen molar-refractivity contribution in [3.63, 3.8) is 0 Å². The van der Waals surface area contributed by atoms with Gasteiger partial charge in [-0.05, 0) is 46.7 Å². The molecule has 0 unspecified atom stereocenters. The molecule has 0 bridgehead atoms. The number of rotatable bonds is 4. The summed E-state index contributed by atoms with van der Waals surface area (Å²) >= 11 is 3.52. The monoisotopic (exact) mass is 345 g/mol. The summed E-state index contributed by atoms with van der Waals surface area (Å²) in [6.07, 6.45) is 3.49. The summed E-state index contributed by atoms with van der Waals surface area (Å²) in [5.74, 6) is 2.47. The van der Waals surface area contributed by atoms with Crippen LogP contribution < -0.4 is 5.73 Å². The summed E-state index contributed by atoms with van der Waals surface area (Å²) in [7, 11) is 0. The van der Waals surface area contributed by atoms with Gasteiger partial charge in [0.15, 0.2) is 5.82 Å². The minimum Gasteiger partial charge on any atom is -0.383 e. The standard InChI is InChI=1S/C17H20BrN3/c1-10(2)9-11-3-5-13(6-4-11)17-20-15(12-7-8-12)14(18)16(19)21-17/h3-6,10,12H,7-9H2,1-2H3,(H2,19,20,21). The third-order valence-corrected chi connectivity index (χ3v) is 4.54. The van der Waals surface area contributed by atoms with Gasteiger partial charge in [0, 0.05) is 11.5 Å². The van der Waals surface area contributed by atoms with Crippen LogP contribution >= 0.6 is 15.9 Å². The Hall–Kier alpha value is -1.42. The molecule has 1 aromatic carbocycles. The van der Waals surface area contributed by atoms with Crippen molar-refractivity contribution in [1.29, 1.82) is 0 Å². The molecule has 1 aliphatic rings. The Bertz CT molecular complexity index is 646. The molecular weight excluding hydrogens is 326 g/mol. The van der Waals surface area contributed by atoms with E-state index in [4.69, 9.17) is 10.7 Å². The van der Waals surface area contributed by atoms with E-state index in [1.54, 1.807) is 0 Å². The van der Waals surface area contributed by atoms with Crippen LogP contribution in [-0.2, 0) is 6.42 Å². The maximum Gasteiger partial charge on any atom is 0.161 e. The molecule has 21 heavy (non-hydrogen) atoms. The van der Waals surface area contributed by atoms with E-state index in [1.807, 2.05) is 0 Å². The highest BCUT2D eigenvalue weighted by atomic mass is 79.9. The summed E-state index contributed by atoms with van der Waals surface area (Å²) in [6, 6.07) is 8.51. The zero-order valence-corrected chi connectivity index (χ0v) is 14.0. The highest BCUT2D eigenvalue weighted by Gasteiger charge is 2.29. The first-order valence-corrected chi connectivity index (χ1v) is 8.26. The van der Waals surface area contributed by atoms with Crippen molar-refractivity contribution in [2.45, 2.75) is 39.0 Å². The van der Waals surface area contributed by atoms with Gasteiger partial charge in [-0.2, -0.15) is 0 Å². The maximum absolute atomic E-state index is 6.02. The van der Waals surface area contributed by atoms with Crippen molar-refractivity contribution in [2.75, 3.05) is 5.73 Å². The predicted molar refractivity (Wildman–Crippen MR) is 90.1 cm³/mol. The topological polar surface area (TPSA) is 51.8 Å². The van der Waals surface area contributed by atoms with Crippen LogP contribution in [0.5, 0.6) is 0 Å². The van der Waals surface area contributed by atoms with Crippen LogP contribution in [-0.4, -0.2) is 9.97 Å². The molecule has 0 amide bonds. The second kappa shape index (κ2) is 5.76. The molecule has 0 saturated heterocycles. The molecule has 1 fully saturated rings. The fourth-order valence-corrected chi connectivity index (χ4v) is 3.00. The van der Waals surface area contributed by atoms with Crippen LogP contribution in [0.25, 0.3) is 11.4 Å². The Morgan fingerprint density at radius 3 is 2.43 bits per heavy atom. The van der Waals surface area contributed by atoms with E-state index >= 15 is 0 Å². The summed E-state index contributed by atoms with van der Waals surface area (Å²) < 4.78 is 0.866. The molecule has 1 saturated carbocycles. The highest BCUT2D eigenvalue weighted by molar-refractivity contribution is 9.10. The summed E-state index contributed by atoms with van der Waals surface area (Å²) in [5.41, 5.74) is 9.46. The number of nitrogens with zero attached hydrogens (tertiary/aromatic N) is 2. The first-order chi connectivity index (χ1) is 10.0. The average Bonchev–Trinajstić information content (AvgIpc) is 3.26. The van der Waals surface area contributed by atoms with E-state index in [0.717, 1.165) is 28.0 Å². The third-order valence-electron chi connectivity index (χ3n) is 3.72. The summed E-state index contributed by atoms with van der Waals surface area (Å²) in [5, 5.41) is 0. The van der Waals surface area contributed by atoms with E-state index in [9.17, 15) is 0 Å². The molecule has 0 spiro atoms. The number of hydrogen-bond acceptors (Lipinski definition) is 3. The summed E-state index contributed by atoms with van der Waals surface area (Å²) in [6.45, 7) is 4.46. The summed E-state index contributed by atoms with van der Waals surface area (Å²) in [4.78, 5) is 9.14. The van der Waals surface area contributed by atoms with Gasteiger partial charge in [0.2, 0.25) is 0 Å². The zero-order valence-electron chi connectivity index (χ0n) is 12.4. The molecule has 1 aliphatic carbocycles. The highest BCUT2D eigenvalue weighted by Crippen LogP contribution is 2.43. The minimum atomic E-state index is 0.535. The number of nitrogens with two attached hydrogens (primary N) is 1. The fourth-order valence-electron chi connectivity index (χ4n) is 2.50. The molecule has 4 heteroatoms. The van der Waals surface area contributed by atoms with Crippen LogP contribution in [0.3, 0.4) is 0 Å². The first-order valence-electron chi connectivity index (χ1n) is 7.47. The van der Waals surface area contributed by atoms with Gasteiger partial charge in [0.25, 0.3) is 0 Å². The van der Waals surface area contributed by atoms with E-state index in [-0.39, 0.29) is 0 Å². The number of hydrogen-bond donors (Lipinski definition) is 1. The number of nitrogen functional groups attached to an aromatic ring is 1. The van der Waals surface area contributed by atoms with Gasteiger partial charge < -0.3 is 5.73 Å². The molecule has 3 rings (SSSR count). The number of anilines is 1. The second-order valence-corrected chi connectivity index (χ2v) is 6.99. The van der Waals surface area contributed by atoms with Crippen molar-refractivity contribution in [1.82, 2.24) is 9.97 Å². The van der Waals surface area contributed by atoms with Crippen molar-refractivity contribution in [2.24, 2.45) is 5.92 Å². The van der Waals surface area contributed by atoms with E-state index in [0.29, 0.717) is 17.7 Å². The van der Waals surface area contributed by atoms with Crippen LogP contribution in [0.15, 0.2) is 28.7 Å². The normalized spacial score (nSPS) is 14.7. The minimum absolute atomic E-state index is 0.535. The Labute approximate surface area is 134 Å². The largest absolute Gasteiger partial charge is 0.383 e. The van der Waals surface area contributed by atoms with Crippen molar-refractivity contribution in [3.8, 4) is 11.4 Å². The van der Waals surface area contributed by atoms with E-state index < -0.39 is 0 Å². The Kier molecular flexibility index (Phi) is 3.98. The lowest BCUT2D eigenvalue weighted by atomic mass is 10.0. The Morgan fingerprint density at radius 2 is 1.86 bits per heavy atom. The first kappa shape index (κ1) is 14.5. The van der Waals surface area contributed by atoms with Crippen molar-refractivity contribution < 1.29 is 0 Å². The maximum atomic E-state index is 6.02. The second-order valence-electron chi connectivity index (χ2n) is 6.20. The van der Waals surface area contributed by atoms with Crippen molar-refractivity contribution >= 4 is 21.7 Å². The number of aromatic nitrogens is 2. The SMILES string of the molecule is CC(C)Cc1ccc(-c2nc(N)c(Br)c(C3CC3)n2)cc1. The van der Waals surface area contributed by atoms with Gasteiger partial charge in [-0.25, -0.2) is 9.97 Å². The van der Waals surface area contributed by atoms with Crippen LogP contribution in [0.4, 0.5) is 5.82 Å². The molecule has 0 aliphatic heterocycles. The molecule has 2 N–H and O–H groups in total. The fraction of sp³-hybridized carbons (Fsp3) is 0.412. The van der Waals surface area contributed by atoms with E-state index in [2.05, 4.69) is 59.0 Å². The molecule has 1 aromatic heterocycles. The average molecular weight is 346 g/mol. The van der Waals surface area contributed by atoms with Crippen molar-refractivity contribution in [3.05, 3.63) is 40.0 Å². The molecule has 1 heterocycles.